The largest absolute Gasteiger partial charge is 0.384 e. The second-order valence-corrected chi connectivity index (χ2v) is 4.55. The Balaban J connectivity index is 2.10. The van der Waals surface area contributed by atoms with Crippen molar-refractivity contribution in [3.8, 4) is 0 Å². The van der Waals surface area contributed by atoms with Crippen molar-refractivity contribution in [2.24, 2.45) is 0 Å². The van der Waals surface area contributed by atoms with Gasteiger partial charge in [0.2, 0.25) is 0 Å². The zero-order chi connectivity index (χ0) is 9.97. The van der Waals surface area contributed by atoms with Gasteiger partial charge in [-0.1, -0.05) is 12.8 Å². The van der Waals surface area contributed by atoms with Crippen LogP contribution in [0.3, 0.4) is 0 Å². The third-order valence-corrected chi connectivity index (χ3v) is 3.20. The average Bonchev–Trinajstić information content (AvgIpc) is 2.64. The minimum Gasteiger partial charge on any atom is -0.384 e. The number of hydrogen-bond acceptors (Lipinski definition) is 3. The molecule has 1 aromatic heterocycles. The molecule has 1 aliphatic carbocycles. The van der Waals surface area contributed by atoms with Gasteiger partial charge in [-0.3, -0.25) is 0 Å². The summed E-state index contributed by atoms with van der Waals surface area (Å²) in [7, 11) is 0. The number of anilines is 2. The molecule has 76 valence electrons. The molecule has 1 aliphatic rings. The van der Waals surface area contributed by atoms with E-state index < -0.39 is 0 Å². The summed E-state index contributed by atoms with van der Waals surface area (Å²) in [4.78, 5) is 4.26. The van der Waals surface area contributed by atoms with E-state index >= 15 is 0 Å². The van der Waals surface area contributed by atoms with E-state index in [0.717, 1.165) is 10.3 Å². The number of nitrogen functional groups attached to an aromatic ring is 1. The fourth-order valence-electron chi connectivity index (χ4n) is 1.82. The number of nitrogens with two attached hydrogens (primary N) is 1. The van der Waals surface area contributed by atoms with Crippen molar-refractivity contribution in [3.05, 3.63) is 16.6 Å². The van der Waals surface area contributed by atoms with E-state index in [1.165, 1.54) is 25.7 Å². The summed E-state index contributed by atoms with van der Waals surface area (Å²) in [5.41, 5.74) is 5.63. The Kier molecular flexibility index (Phi) is 2.91. The third kappa shape index (κ3) is 2.18. The number of nitrogens with one attached hydrogen (secondary N) is 1. The first-order chi connectivity index (χ1) is 6.75. The fraction of sp³-hybridized carbons (Fsp3) is 0.500. The number of halogens is 1. The highest BCUT2D eigenvalue weighted by Crippen LogP contribution is 2.26. The minimum absolute atomic E-state index is 0.564. The van der Waals surface area contributed by atoms with Crippen LogP contribution in [0, 0.1) is 0 Å². The average molecular weight is 256 g/mol. The van der Waals surface area contributed by atoms with Crippen LogP contribution >= 0.6 is 15.9 Å². The van der Waals surface area contributed by atoms with E-state index in [1.54, 1.807) is 6.07 Å². The normalized spacial score (nSPS) is 17.2. The Hall–Kier alpha value is -0.770. The third-order valence-electron chi connectivity index (χ3n) is 2.56. The summed E-state index contributed by atoms with van der Waals surface area (Å²) < 4.78 is 0.985. The van der Waals surface area contributed by atoms with Gasteiger partial charge in [0.1, 0.15) is 11.6 Å². The van der Waals surface area contributed by atoms with Gasteiger partial charge in [-0.2, -0.15) is 0 Å². The van der Waals surface area contributed by atoms with Crippen molar-refractivity contribution in [2.45, 2.75) is 31.7 Å². The molecule has 3 nitrogen and oxygen atoms in total. The highest BCUT2D eigenvalue weighted by atomic mass is 79.9. The highest BCUT2D eigenvalue weighted by Gasteiger charge is 2.16. The van der Waals surface area contributed by atoms with Crippen LogP contribution in [0.15, 0.2) is 16.6 Å². The molecule has 0 spiro atoms. The molecule has 3 N–H and O–H groups in total. The van der Waals surface area contributed by atoms with E-state index in [4.69, 9.17) is 5.73 Å². The molecule has 2 rings (SSSR count). The lowest BCUT2D eigenvalue weighted by Crippen LogP contribution is -2.16. The van der Waals surface area contributed by atoms with Gasteiger partial charge in [0, 0.05) is 6.04 Å². The second kappa shape index (κ2) is 4.17. The van der Waals surface area contributed by atoms with E-state index in [0.29, 0.717) is 11.9 Å². The Morgan fingerprint density at radius 1 is 1.36 bits per heavy atom. The monoisotopic (exact) mass is 255 g/mol. The highest BCUT2D eigenvalue weighted by molar-refractivity contribution is 9.10. The predicted octanol–water partition coefficient (Wildman–Crippen LogP) is 2.78. The second-order valence-electron chi connectivity index (χ2n) is 3.69. The maximum absolute atomic E-state index is 5.63. The maximum atomic E-state index is 5.63. The van der Waals surface area contributed by atoms with Gasteiger partial charge in [-0.05, 0) is 40.9 Å². The quantitative estimate of drug-likeness (QED) is 0.855. The zero-order valence-electron chi connectivity index (χ0n) is 7.96. The van der Waals surface area contributed by atoms with E-state index in [-0.39, 0.29) is 0 Å². The van der Waals surface area contributed by atoms with Crippen molar-refractivity contribution < 1.29 is 0 Å². The molecule has 4 heteroatoms. The molecule has 1 aromatic rings. The molecule has 0 radical (unpaired) electrons. The molecule has 0 aliphatic heterocycles. The molecule has 1 fully saturated rings. The van der Waals surface area contributed by atoms with Gasteiger partial charge < -0.3 is 11.1 Å². The molecule has 0 unspecified atom stereocenters. The summed E-state index contributed by atoms with van der Waals surface area (Å²) in [6.07, 6.45) is 5.11. The van der Waals surface area contributed by atoms with Crippen LogP contribution in [-0.2, 0) is 0 Å². The fourth-order valence-corrected chi connectivity index (χ4v) is 2.16. The first-order valence-electron chi connectivity index (χ1n) is 4.94. The number of hydrogen-bond donors (Lipinski definition) is 2. The lowest BCUT2D eigenvalue weighted by molar-refractivity contribution is 0.750. The van der Waals surface area contributed by atoms with Crippen molar-refractivity contribution in [3.63, 3.8) is 0 Å². The lowest BCUT2D eigenvalue weighted by Gasteiger charge is -2.13. The lowest BCUT2D eigenvalue weighted by atomic mass is 10.2. The molecule has 0 bridgehead atoms. The first kappa shape index (κ1) is 9.77. The summed E-state index contributed by atoms with van der Waals surface area (Å²) in [5.74, 6) is 1.44. The van der Waals surface area contributed by atoms with Gasteiger partial charge in [0.05, 0.1) is 4.47 Å². The summed E-state index contributed by atoms with van der Waals surface area (Å²) >= 11 is 3.46. The minimum atomic E-state index is 0.564. The summed E-state index contributed by atoms with van der Waals surface area (Å²) in [6.45, 7) is 0. The molecular weight excluding hydrogens is 242 g/mol. The first-order valence-corrected chi connectivity index (χ1v) is 5.73. The molecule has 0 saturated heterocycles. The number of nitrogens with zero attached hydrogens (tertiary/aromatic N) is 1. The van der Waals surface area contributed by atoms with Crippen LogP contribution < -0.4 is 11.1 Å². The Bertz CT molecular complexity index is 321. The van der Waals surface area contributed by atoms with Gasteiger partial charge in [0.25, 0.3) is 0 Å². The van der Waals surface area contributed by atoms with Crippen LogP contribution in [0.1, 0.15) is 25.7 Å². The molecular formula is C10H14BrN3. The Morgan fingerprint density at radius 2 is 2.07 bits per heavy atom. The van der Waals surface area contributed by atoms with Gasteiger partial charge in [0.15, 0.2) is 0 Å². The zero-order valence-corrected chi connectivity index (χ0v) is 9.55. The summed E-state index contributed by atoms with van der Waals surface area (Å²) in [6, 6.07) is 4.30. The smallest absolute Gasteiger partial charge is 0.142 e. The summed E-state index contributed by atoms with van der Waals surface area (Å²) in [5, 5.41) is 3.41. The number of pyridine rings is 1. The molecule has 14 heavy (non-hydrogen) atoms. The van der Waals surface area contributed by atoms with Crippen LogP contribution in [-0.4, -0.2) is 11.0 Å². The van der Waals surface area contributed by atoms with Crippen LogP contribution in [0.4, 0.5) is 11.6 Å². The standard InChI is InChI=1S/C10H14BrN3/c11-8-5-6-9(12)14-10(8)13-7-3-1-2-4-7/h5-7H,1-4H2,(H3,12,13,14). The van der Waals surface area contributed by atoms with Crippen molar-refractivity contribution in [1.82, 2.24) is 4.98 Å². The van der Waals surface area contributed by atoms with E-state index in [2.05, 4.69) is 26.2 Å². The Labute approximate surface area is 92.2 Å². The number of aromatic nitrogens is 1. The SMILES string of the molecule is Nc1ccc(Br)c(NC2CCCC2)n1. The van der Waals surface area contributed by atoms with Crippen LogP contribution in [0.2, 0.25) is 0 Å². The van der Waals surface area contributed by atoms with Crippen molar-refractivity contribution >= 4 is 27.6 Å². The topological polar surface area (TPSA) is 50.9 Å². The van der Waals surface area contributed by atoms with E-state index in [1.807, 2.05) is 6.07 Å². The molecule has 1 saturated carbocycles. The van der Waals surface area contributed by atoms with Gasteiger partial charge >= 0.3 is 0 Å². The van der Waals surface area contributed by atoms with Crippen molar-refractivity contribution in [1.29, 1.82) is 0 Å². The van der Waals surface area contributed by atoms with Gasteiger partial charge in [-0.15, -0.1) is 0 Å². The van der Waals surface area contributed by atoms with Crippen molar-refractivity contribution in [2.75, 3.05) is 11.1 Å². The Morgan fingerprint density at radius 3 is 2.79 bits per heavy atom. The molecule has 0 amide bonds. The van der Waals surface area contributed by atoms with Crippen LogP contribution in [0.5, 0.6) is 0 Å². The maximum Gasteiger partial charge on any atom is 0.142 e. The van der Waals surface area contributed by atoms with Crippen LogP contribution in [0.25, 0.3) is 0 Å². The predicted molar refractivity (Wildman–Crippen MR) is 62.2 cm³/mol. The molecule has 0 atom stereocenters. The molecule has 0 aromatic carbocycles. The molecule has 1 heterocycles. The van der Waals surface area contributed by atoms with E-state index in [9.17, 15) is 0 Å². The van der Waals surface area contributed by atoms with Gasteiger partial charge in [-0.25, -0.2) is 4.98 Å². The number of rotatable bonds is 2.